The molecule has 6 nitrogen and oxygen atoms in total. The van der Waals surface area contributed by atoms with Crippen molar-refractivity contribution in [2.45, 2.75) is 52.1 Å². The highest BCUT2D eigenvalue weighted by atomic mass is 16.5. The van der Waals surface area contributed by atoms with Crippen molar-refractivity contribution in [3.05, 3.63) is 70.9 Å². The Morgan fingerprint density at radius 2 is 2.03 bits per heavy atom. The fourth-order valence-electron chi connectivity index (χ4n) is 4.01. The molecule has 1 aliphatic carbocycles. The van der Waals surface area contributed by atoms with Crippen LogP contribution in [0.3, 0.4) is 0 Å². The molecular formula is C24H29N3O3. The van der Waals surface area contributed by atoms with E-state index in [1.807, 2.05) is 53.0 Å². The third kappa shape index (κ3) is 4.42. The Labute approximate surface area is 177 Å². The van der Waals surface area contributed by atoms with E-state index in [0.717, 1.165) is 49.3 Å². The summed E-state index contributed by atoms with van der Waals surface area (Å²) in [5, 5.41) is 4.71. The van der Waals surface area contributed by atoms with Crippen LogP contribution in [0.4, 0.5) is 0 Å². The maximum Gasteiger partial charge on any atom is 0.254 e. The molecule has 0 unspecified atom stereocenters. The fourth-order valence-corrected chi connectivity index (χ4v) is 4.01. The number of fused-ring (bicyclic) bond motifs is 1. The van der Waals surface area contributed by atoms with Gasteiger partial charge in [-0.1, -0.05) is 13.3 Å². The van der Waals surface area contributed by atoms with Gasteiger partial charge >= 0.3 is 0 Å². The molecule has 0 aliphatic heterocycles. The molecule has 1 aliphatic rings. The van der Waals surface area contributed by atoms with E-state index >= 15 is 0 Å². The second-order valence-electron chi connectivity index (χ2n) is 7.82. The predicted molar refractivity (Wildman–Crippen MR) is 114 cm³/mol. The Kier molecular flexibility index (Phi) is 6.21. The van der Waals surface area contributed by atoms with Crippen LogP contribution in [0.1, 0.15) is 59.3 Å². The van der Waals surface area contributed by atoms with Gasteiger partial charge in [-0.25, -0.2) is 0 Å². The molecule has 30 heavy (non-hydrogen) atoms. The van der Waals surface area contributed by atoms with E-state index < -0.39 is 0 Å². The summed E-state index contributed by atoms with van der Waals surface area (Å²) < 4.78 is 13.2. The average molecular weight is 408 g/mol. The summed E-state index contributed by atoms with van der Waals surface area (Å²) >= 11 is 0. The van der Waals surface area contributed by atoms with Crippen LogP contribution in [-0.2, 0) is 33.0 Å². The van der Waals surface area contributed by atoms with Crippen molar-refractivity contribution in [3.8, 4) is 5.75 Å². The number of carbonyl (C=O) groups excluding carboxylic acids is 1. The van der Waals surface area contributed by atoms with Gasteiger partial charge in [-0.2, -0.15) is 5.10 Å². The van der Waals surface area contributed by atoms with Gasteiger partial charge in [0.2, 0.25) is 0 Å². The number of amides is 1. The van der Waals surface area contributed by atoms with Gasteiger partial charge in [-0.05, 0) is 67.6 Å². The minimum Gasteiger partial charge on any atom is -0.494 e. The molecule has 1 amide bonds. The van der Waals surface area contributed by atoms with E-state index in [-0.39, 0.29) is 5.91 Å². The lowest BCUT2D eigenvalue weighted by Gasteiger charge is -2.21. The van der Waals surface area contributed by atoms with Crippen molar-refractivity contribution in [1.29, 1.82) is 0 Å². The van der Waals surface area contributed by atoms with Crippen molar-refractivity contribution >= 4 is 5.91 Å². The van der Waals surface area contributed by atoms with Gasteiger partial charge in [0, 0.05) is 18.3 Å². The van der Waals surface area contributed by atoms with Crippen LogP contribution in [0, 0.1) is 0 Å². The van der Waals surface area contributed by atoms with E-state index in [0.29, 0.717) is 25.3 Å². The topological polar surface area (TPSA) is 60.5 Å². The van der Waals surface area contributed by atoms with E-state index in [1.165, 1.54) is 11.3 Å². The molecule has 2 aromatic heterocycles. The van der Waals surface area contributed by atoms with E-state index in [4.69, 9.17) is 14.3 Å². The third-order valence-electron chi connectivity index (χ3n) is 5.62. The number of aromatic nitrogens is 2. The SMILES string of the molecule is CCCCOc1ccc(C(=O)N(Cc2ccco2)Cc2nn(C)c3c2CCC3)cc1. The van der Waals surface area contributed by atoms with E-state index in [2.05, 4.69) is 6.92 Å². The van der Waals surface area contributed by atoms with Crippen LogP contribution in [0.2, 0.25) is 0 Å². The highest BCUT2D eigenvalue weighted by molar-refractivity contribution is 5.94. The number of furan rings is 1. The molecule has 158 valence electrons. The van der Waals surface area contributed by atoms with Gasteiger partial charge in [0.1, 0.15) is 11.5 Å². The number of hydrogen-bond donors (Lipinski definition) is 0. The summed E-state index contributed by atoms with van der Waals surface area (Å²) in [6.07, 6.45) is 7.00. The summed E-state index contributed by atoms with van der Waals surface area (Å²) in [7, 11) is 1.99. The molecule has 0 spiro atoms. The van der Waals surface area contributed by atoms with E-state index in [9.17, 15) is 4.79 Å². The first-order valence-electron chi connectivity index (χ1n) is 10.7. The molecule has 0 saturated carbocycles. The lowest BCUT2D eigenvalue weighted by atomic mass is 10.1. The molecule has 3 aromatic rings. The molecule has 4 rings (SSSR count). The molecular weight excluding hydrogens is 378 g/mol. The number of nitrogens with zero attached hydrogens (tertiary/aromatic N) is 3. The Balaban J connectivity index is 1.53. The monoisotopic (exact) mass is 407 g/mol. The zero-order valence-corrected chi connectivity index (χ0v) is 17.8. The van der Waals surface area contributed by atoms with Crippen LogP contribution in [-0.4, -0.2) is 27.2 Å². The maximum atomic E-state index is 13.4. The van der Waals surface area contributed by atoms with Gasteiger partial charge in [-0.3, -0.25) is 9.48 Å². The van der Waals surface area contributed by atoms with Crippen LogP contribution < -0.4 is 4.74 Å². The van der Waals surface area contributed by atoms with Crippen LogP contribution in [0.25, 0.3) is 0 Å². The lowest BCUT2D eigenvalue weighted by Crippen LogP contribution is -2.30. The third-order valence-corrected chi connectivity index (χ3v) is 5.62. The highest BCUT2D eigenvalue weighted by Crippen LogP contribution is 2.26. The molecule has 0 fully saturated rings. The zero-order chi connectivity index (χ0) is 20.9. The van der Waals surface area contributed by atoms with Gasteiger partial charge in [0.05, 0.1) is 31.7 Å². The summed E-state index contributed by atoms with van der Waals surface area (Å²) in [6.45, 7) is 3.71. The minimum atomic E-state index is -0.0380. The molecule has 1 aromatic carbocycles. The Morgan fingerprint density at radius 3 is 2.77 bits per heavy atom. The number of benzene rings is 1. The summed E-state index contributed by atoms with van der Waals surface area (Å²) in [4.78, 5) is 15.2. The minimum absolute atomic E-state index is 0.0380. The molecule has 2 heterocycles. The Morgan fingerprint density at radius 1 is 1.20 bits per heavy atom. The van der Waals surface area contributed by atoms with Crippen molar-refractivity contribution in [3.63, 3.8) is 0 Å². The van der Waals surface area contributed by atoms with Crippen molar-refractivity contribution < 1.29 is 13.9 Å². The first-order valence-corrected chi connectivity index (χ1v) is 10.7. The maximum absolute atomic E-state index is 13.4. The molecule has 0 saturated heterocycles. The van der Waals surface area contributed by atoms with Crippen LogP contribution >= 0.6 is 0 Å². The Bertz CT molecular complexity index is 974. The van der Waals surface area contributed by atoms with Gasteiger partial charge < -0.3 is 14.1 Å². The standard InChI is InChI=1S/C24H29N3O3/c1-3-4-14-29-19-12-10-18(11-13-19)24(28)27(16-20-7-6-15-30-20)17-22-21-8-5-9-23(21)26(2)25-22/h6-7,10-13,15H,3-5,8-9,14,16-17H2,1-2H3. The van der Waals surface area contributed by atoms with Crippen LogP contribution in [0.15, 0.2) is 47.1 Å². The second-order valence-corrected chi connectivity index (χ2v) is 7.82. The molecule has 0 radical (unpaired) electrons. The summed E-state index contributed by atoms with van der Waals surface area (Å²) in [5.41, 5.74) is 4.22. The summed E-state index contributed by atoms with van der Waals surface area (Å²) in [6, 6.07) is 11.1. The second kappa shape index (κ2) is 9.20. The number of aryl methyl sites for hydroxylation is 1. The van der Waals surface area contributed by atoms with Gasteiger partial charge in [-0.15, -0.1) is 0 Å². The largest absolute Gasteiger partial charge is 0.494 e. The number of carbonyl (C=O) groups is 1. The van der Waals surface area contributed by atoms with E-state index in [1.54, 1.807) is 6.26 Å². The van der Waals surface area contributed by atoms with Crippen molar-refractivity contribution in [1.82, 2.24) is 14.7 Å². The number of rotatable bonds is 9. The Hall–Kier alpha value is -3.02. The van der Waals surface area contributed by atoms with Crippen molar-refractivity contribution in [2.75, 3.05) is 6.61 Å². The smallest absolute Gasteiger partial charge is 0.254 e. The molecule has 0 bridgehead atoms. The van der Waals surface area contributed by atoms with Gasteiger partial charge in [0.15, 0.2) is 0 Å². The quantitative estimate of drug-likeness (QED) is 0.489. The highest BCUT2D eigenvalue weighted by Gasteiger charge is 2.25. The predicted octanol–water partition coefficient (Wildman–Crippen LogP) is 4.52. The lowest BCUT2D eigenvalue weighted by molar-refractivity contribution is 0.0714. The fraction of sp³-hybridized carbons (Fsp3) is 0.417. The normalized spacial score (nSPS) is 12.7. The van der Waals surface area contributed by atoms with Crippen molar-refractivity contribution in [2.24, 2.45) is 7.05 Å². The molecule has 0 atom stereocenters. The molecule has 0 N–H and O–H groups in total. The molecule has 6 heteroatoms. The summed E-state index contributed by atoms with van der Waals surface area (Å²) in [5.74, 6) is 1.51. The zero-order valence-electron chi connectivity index (χ0n) is 17.8. The average Bonchev–Trinajstić information content (AvgIpc) is 3.49. The number of ether oxygens (including phenoxy) is 1. The number of hydrogen-bond acceptors (Lipinski definition) is 4. The first kappa shape index (κ1) is 20.3. The number of unbranched alkanes of at least 4 members (excludes halogenated alkanes) is 1. The first-order chi connectivity index (χ1) is 14.7. The van der Waals surface area contributed by atoms with Crippen LogP contribution in [0.5, 0.6) is 5.75 Å². The van der Waals surface area contributed by atoms with Gasteiger partial charge in [0.25, 0.3) is 5.91 Å².